The van der Waals surface area contributed by atoms with Crippen LogP contribution < -0.4 is 11.3 Å². The zero-order valence-electron chi connectivity index (χ0n) is 10.6. The van der Waals surface area contributed by atoms with Gasteiger partial charge in [0.1, 0.15) is 0 Å². The minimum Gasteiger partial charge on any atom is -0.378 e. The third kappa shape index (κ3) is 2.86. The van der Waals surface area contributed by atoms with Gasteiger partial charge in [-0.05, 0) is 32.3 Å². The van der Waals surface area contributed by atoms with Crippen LogP contribution >= 0.6 is 0 Å². The highest BCUT2D eigenvalue weighted by atomic mass is 16.5. The van der Waals surface area contributed by atoms with Crippen molar-refractivity contribution in [1.82, 2.24) is 15.2 Å². The number of nitrogens with two attached hydrogens (primary N) is 1. The molecule has 2 rings (SSSR count). The Labute approximate surface area is 102 Å². The van der Waals surface area contributed by atoms with Crippen LogP contribution in [0.2, 0.25) is 0 Å². The van der Waals surface area contributed by atoms with Gasteiger partial charge in [-0.25, -0.2) is 0 Å². The molecule has 1 saturated heterocycles. The molecule has 0 bridgehead atoms. The molecule has 2 heterocycles. The molecule has 3 N–H and O–H groups in total. The average Bonchev–Trinajstić information content (AvgIpc) is 2.95. The van der Waals surface area contributed by atoms with Gasteiger partial charge in [0.15, 0.2) is 0 Å². The van der Waals surface area contributed by atoms with E-state index < -0.39 is 0 Å². The summed E-state index contributed by atoms with van der Waals surface area (Å²) in [6, 6.07) is 0.266. The summed E-state index contributed by atoms with van der Waals surface area (Å²) in [5, 5.41) is 4.28. The van der Waals surface area contributed by atoms with E-state index in [4.69, 9.17) is 10.6 Å². The van der Waals surface area contributed by atoms with E-state index in [0.29, 0.717) is 5.92 Å². The van der Waals surface area contributed by atoms with E-state index in [1.165, 1.54) is 5.56 Å². The predicted molar refractivity (Wildman–Crippen MR) is 66.2 cm³/mol. The lowest BCUT2D eigenvalue weighted by molar-refractivity contribution is 0.0954. The van der Waals surface area contributed by atoms with Gasteiger partial charge in [-0.1, -0.05) is 0 Å². The molecule has 1 aromatic heterocycles. The molecule has 17 heavy (non-hydrogen) atoms. The Balaban J connectivity index is 1.99. The highest BCUT2D eigenvalue weighted by molar-refractivity contribution is 5.07. The van der Waals surface area contributed by atoms with Crippen molar-refractivity contribution in [2.24, 2.45) is 11.8 Å². The molecule has 1 fully saturated rings. The molecule has 0 aliphatic carbocycles. The van der Waals surface area contributed by atoms with E-state index in [1.54, 1.807) is 0 Å². The van der Waals surface area contributed by atoms with Crippen LogP contribution in [0.5, 0.6) is 0 Å². The maximum Gasteiger partial charge on any atom is 0.0591 e. The molecule has 5 heteroatoms. The number of aryl methyl sites for hydroxylation is 1. The molecule has 0 radical (unpaired) electrons. The van der Waals surface area contributed by atoms with Gasteiger partial charge in [0, 0.05) is 31.3 Å². The lowest BCUT2D eigenvalue weighted by Crippen LogP contribution is -2.44. The number of ether oxygens (including phenoxy) is 1. The summed E-state index contributed by atoms with van der Waals surface area (Å²) in [5.74, 6) is 6.16. The number of nitrogens with one attached hydrogen (secondary N) is 1. The first-order valence-corrected chi connectivity index (χ1v) is 6.33. The van der Waals surface area contributed by atoms with E-state index in [0.717, 1.165) is 26.0 Å². The lowest BCUT2D eigenvalue weighted by atomic mass is 9.90. The van der Waals surface area contributed by atoms with Crippen LogP contribution in [-0.2, 0) is 17.7 Å². The van der Waals surface area contributed by atoms with E-state index in [9.17, 15) is 0 Å². The Kier molecular flexibility index (Phi) is 4.15. The predicted octanol–water partition coefficient (Wildman–Crippen LogP) is 0.702. The van der Waals surface area contributed by atoms with Crippen molar-refractivity contribution in [2.75, 3.05) is 6.61 Å². The van der Waals surface area contributed by atoms with Crippen LogP contribution in [0.1, 0.15) is 25.8 Å². The van der Waals surface area contributed by atoms with Crippen LogP contribution in [0.25, 0.3) is 0 Å². The van der Waals surface area contributed by atoms with E-state index in [-0.39, 0.29) is 12.1 Å². The molecule has 3 unspecified atom stereocenters. The second-order valence-corrected chi connectivity index (χ2v) is 4.71. The highest BCUT2D eigenvalue weighted by Crippen LogP contribution is 2.25. The third-order valence-electron chi connectivity index (χ3n) is 3.63. The lowest BCUT2D eigenvalue weighted by Gasteiger charge is -2.24. The number of nitrogens with zero attached hydrogens (tertiary/aromatic N) is 2. The minimum atomic E-state index is 0.266. The molecule has 0 saturated carbocycles. The SMILES string of the molecule is CCn1cc(CC(NN)C2CCOC2C)cn1. The summed E-state index contributed by atoms with van der Waals surface area (Å²) < 4.78 is 7.54. The molecule has 0 amide bonds. The number of aromatic nitrogens is 2. The molecular weight excluding hydrogens is 216 g/mol. The largest absolute Gasteiger partial charge is 0.378 e. The van der Waals surface area contributed by atoms with Gasteiger partial charge in [0.25, 0.3) is 0 Å². The standard InChI is InChI=1S/C12H22N4O/c1-3-16-8-10(7-14-16)6-12(15-13)11-4-5-17-9(11)2/h7-9,11-12,15H,3-6,13H2,1-2H3. The van der Waals surface area contributed by atoms with E-state index in [1.807, 2.05) is 10.9 Å². The first-order valence-electron chi connectivity index (χ1n) is 6.33. The zero-order valence-corrected chi connectivity index (χ0v) is 10.6. The van der Waals surface area contributed by atoms with Crippen LogP contribution in [-0.4, -0.2) is 28.5 Å². The van der Waals surface area contributed by atoms with Crippen LogP contribution in [0, 0.1) is 5.92 Å². The zero-order chi connectivity index (χ0) is 12.3. The topological polar surface area (TPSA) is 65.1 Å². The molecule has 3 atom stereocenters. The fourth-order valence-electron chi connectivity index (χ4n) is 2.55. The quantitative estimate of drug-likeness (QED) is 0.585. The van der Waals surface area contributed by atoms with Gasteiger partial charge in [0.2, 0.25) is 0 Å². The first kappa shape index (κ1) is 12.5. The summed E-state index contributed by atoms with van der Waals surface area (Å²) in [6.45, 7) is 5.96. The molecule has 5 nitrogen and oxygen atoms in total. The summed E-state index contributed by atoms with van der Waals surface area (Å²) in [6.07, 6.45) is 6.30. The van der Waals surface area contributed by atoms with Gasteiger partial charge in [0.05, 0.1) is 12.3 Å². The highest BCUT2D eigenvalue weighted by Gasteiger charge is 2.31. The summed E-state index contributed by atoms with van der Waals surface area (Å²) in [5.41, 5.74) is 4.16. The summed E-state index contributed by atoms with van der Waals surface area (Å²) >= 11 is 0. The number of hydrogen-bond donors (Lipinski definition) is 2. The number of rotatable bonds is 5. The van der Waals surface area contributed by atoms with Gasteiger partial charge in [-0.3, -0.25) is 16.0 Å². The maximum absolute atomic E-state index is 5.67. The third-order valence-corrected chi connectivity index (χ3v) is 3.63. The van der Waals surface area contributed by atoms with Gasteiger partial charge in [-0.15, -0.1) is 0 Å². The molecule has 1 aliphatic heterocycles. The Hall–Kier alpha value is -0.910. The molecular formula is C12H22N4O. The normalized spacial score (nSPS) is 26.3. The molecule has 0 spiro atoms. The van der Waals surface area contributed by atoms with Crippen molar-refractivity contribution in [3.63, 3.8) is 0 Å². The second kappa shape index (κ2) is 5.62. The average molecular weight is 238 g/mol. The van der Waals surface area contributed by atoms with Crippen molar-refractivity contribution in [3.05, 3.63) is 18.0 Å². The van der Waals surface area contributed by atoms with E-state index in [2.05, 4.69) is 30.6 Å². The van der Waals surface area contributed by atoms with Crippen LogP contribution in [0.15, 0.2) is 12.4 Å². The van der Waals surface area contributed by atoms with Crippen molar-refractivity contribution < 1.29 is 4.74 Å². The Morgan fingerprint density at radius 3 is 3.06 bits per heavy atom. The first-order chi connectivity index (χ1) is 8.24. The van der Waals surface area contributed by atoms with Gasteiger partial charge < -0.3 is 4.74 Å². The summed E-state index contributed by atoms with van der Waals surface area (Å²) in [4.78, 5) is 0. The van der Waals surface area contributed by atoms with Gasteiger partial charge >= 0.3 is 0 Å². The molecule has 0 aromatic carbocycles. The minimum absolute atomic E-state index is 0.266. The maximum atomic E-state index is 5.67. The Morgan fingerprint density at radius 1 is 1.71 bits per heavy atom. The fraction of sp³-hybridized carbons (Fsp3) is 0.750. The Bertz CT molecular complexity index is 352. The molecule has 1 aromatic rings. The van der Waals surface area contributed by atoms with Crippen molar-refractivity contribution in [2.45, 2.75) is 45.4 Å². The van der Waals surface area contributed by atoms with Crippen molar-refractivity contribution in [3.8, 4) is 0 Å². The second-order valence-electron chi connectivity index (χ2n) is 4.71. The van der Waals surface area contributed by atoms with Crippen LogP contribution in [0.3, 0.4) is 0 Å². The number of hydrogen-bond acceptors (Lipinski definition) is 4. The smallest absolute Gasteiger partial charge is 0.0591 e. The number of hydrazine groups is 1. The fourth-order valence-corrected chi connectivity index (χ4v) is 2.55. The van der Waals surface area contributed by atoms with Crippen LogP contribution in [0.4, 0.5) is 0 Å². The Morgan fingerprint density at radius 2 is 2.53 bits per heavy atom. The van der Waals surface area contributed by atoms with Crippen molar-refractivity contribution >= 4 is 0 Å². The van der Waals surface area contributed by atoms with Gasteiger partial charge in [-0.2, -0.15) is 5.10 Å². The van der Waals surface area contributed by atoms with E-state index >= 15 is 0 Å². The molecule has 1 aliphatic rings. The summed E-state index contributed by atoms with van der Waals surface area (Å²) in [7, 11) is 0. The monoisotopic (exact) mass is 238 g/mol. The molecule has 96 valence electrons. The van der Waals surface area contributed by atoms with Crippen molar-refractivity contribution in [1.29, 1.82) is 0 Å².